The Kier molecular flexibility index (Phi) is 6.54. The van der Waals surface area contributed by atoms with Gasteiger partial charge in [-0.25, -0.2) is 17.5 Å². The summed E-state index contributed by atoms with van der Waals surface area (Å²) in [4.78, 5) is 14.7. The number of amides is 1. The summed E-state index contributed by atoms with van der Waals surface area (Å²) in [6, 6.07) is 10.5. The minimum Gasteiger partial charge on any atom is -0.496 e. The van der Waals surface area contributed by atoms with Crippen LogP contribution < -0.4 is 9.46 Å². The Bertz CT molecular complexity index is 977. The van der Waals surface area contributed by atoms with Gasteiger partial charge in [0.1, 0.15) is 11.6 Å². The summed E-state index contributed by atoms with van der Waals surface area (Å²) in [5.41, 5.74) is 1.16. The highest BCUT2D eigenvalue weighted by molar-refractivity contribution is 7.89. The van der Waals surface area contributed by atoms with E-state index in [0.29, 0.717) is 18.8 Å². The molecule has 156 valence electrons. The van der Waals surface area contributed by atoms with Gasteiger partial charge in [0, 0.05) is 19.6 Å². The quantitative estimate of drug-likeness (QED) is 0.780. The number of ether oxygens (including phenoxy) is 1. The summed E-state index contributed by atoms with van der Waals surface area (Å²) in [6.45, 7) is 3.07. The van der Waals surface area contributed by atoms with Crippen LogP contribution in [0.5, 0.6) is 5.75 Å². The fourth-order valence-corrected chi connectivity index (χ4v) is 4.58. The SMILES string of the molecule is COc1ccc(F)cc1C(=O)N1CCCC(CNS(=O)(=O)c2ccc(C)cc2)C1. The standard InChI is InChI=1S/C21H25FN2O4S/c1-15-5-8-18(9-6-15)29(26,27)23-13-16-4-3-11-24(14-16)21(25)19-12-17(22)7-10-20(19)28-2/h5-10,12,16,23H,3-4,11,13-14H2,1-2H3. The highest BCUT2D eigenvalue weighted by Crippen LogP contribution is 2.24. The Morgan fingerprint density at radius 1 is 1.24 bits per heavy atom. The third-order valence-electron chi connectivity index (χ3n) is 5.09. The van der Waals surface area contributed by atoms with Crippen molar-refractivity contribution in [2.45, 2.75) is 24.7 Å². The summed E-state index contributed by atoms with van der Waals surface area (Å²) in [5.74, 6) is -0.521. The normalized spacial score (nSPS) is 17.2. The van der Waals surface area contributed by atoms with Crippen molar-refractivity contribution in [2.75, 3.05) is 26.7 Å². The number of piperidine rings is 1. The predicted molar refractivity (Wildman–Crippen MR) is 108 cm³/mol. The van der Waals surface area contributed by atoms with Crippen molar-refractivity contribution in [3.8, 4) is 5.75 Å². The molecule has 2 aromatic rings. The van der Waals surface area contributed by atoms with Gasteiger partial charge in [0.15, 0.2) is 0 Å². The van der Waals surface area contributed by atoms with E-state index in [1.165, 1.54) is 25.3 Å². The first-order valence-electron chi connectivity index (χ1n) is 9.49. The third kappa shape index (κ3) is 5.13. The van der Waals surface area contributed by atoms with Gasteiger partial charge in [0.25, 0.3) is 5.91 Å². The molecule has 0 aliphatic carbocycles. The molecule has 1 amide bonds. The molecule has 1 unspecified atom stereocenters. The van der Waals surface area contributed by atoms with Crippen LogP contribution in [0.15, 0.2) is 47.4 Å². The fourth-order valence-electron chi connectivity index (χ4n) is 3.46. The molecule has 0 radical (unpaired) electrons. The van der Waals surface area contributed by atoms with Crippen molar-refractivity contribution >= 4 is 15.9 Å². The van der Waals surface area contributed by atoms with Crippen LogP contribution in [0.25, 0.3) is 0 Å². The molecule has 0 bridgehead atoms. The van der Waals surface area contributed by atoms with Crippen LogP contribution >= 0.6 is 0 Å². The minimum absolute atomic E-state index is 0.0209. The first-order valence-corrected chi connectivity index (χ1v) is 11.0. The van der Waals surface area contributed by atoms with Gasteiger partial charge in [-0.3, -0.25) is 4.79 Å². The van der Waals surface area contributed by atoms with Crippen molar-refractivity contribution < 1.29 is 22.3 Å². The van der Waals surface area contributed by atoms with Crippen LogP contribution in [0.4, 0.5) is 4.39 Å². The summed E-state index contributed by atoms with van der Waals surface area (Å²) in [7, 11) is -2.17. The lowest BCUT2D eigenvalue weighted by Gasteiger charge is -2.33. The molecule has 1 saturated heterocycles. The number of aryl methyl sites for hydroxylation is 1. The van der Waals surface area contributed by atoms with E-state index in [4.69, 9.17) is 4.74 Å². The molecule has 3 rings (SSSR count). The second kappa shape index (κ2) is 8.92. The molecule has 1 aliphatic rings. The van der Waals surface area contributed by atoms with Gasteiger partial charge in [-0.15, -0.1) is 0 Å². The zero-order valence-electron chi connectivity index (χ0n) is 16.5. The number of carbonyl (C=O) groups excluding carboxylic acids is 1. The lowest BCUT2D eigenvalue weighted by atomic mass is 9.97. The average molecular weight is 421 g/mol. The highest BCUT2D eigenvalue weighted by atomic mass is 32.2. The fraction of sp³-hybridized carbons (Fsp3) is 0.381. The van der Waals surface area contributed by atoms with Crippen molar-refractivity contribution in [3.63, 3.8) is 0 Å². The number of hydrogen-bond donors (Lipinski definition) is 1. The van der Waals surface area contributed by atoms with E-state index >= 15 is 0 Å². The Morgan fingerprint density at radius 2 is 1.97 bits per heavy atom. The summed E-state index contributed by atoms with van der Waals surface area (Å²) in [6.07, 6.45) is 1.56. The second-order valence-electron chi connectivity index (χ2n) is 7.27. The number of methoxy groups -OCH3 is 1. The molecule has 2 aromatic carbocycles. The minimum atomic E-state index is -3.61. The smallest absolute Gasteiger partial charge is 0.257 e. The molecule has 0 saturated carbocycles. The maximum absolute atomic E-state index is 13.6. The summed E-state index contributed by atoms with van der Waals surface area (Å²) < 4.78 is 46.4. The molecule has 29 heavy (non-hydrogen) atoms. The highest BCUT2D eigenvalue weighted by Gasteiger charge is 2.27. The first-order chi connectivity index (χ1) is 13.8. The molecular weight excluding hydrogens is 395 g/mol. The number of carbonyl (C=O) groups is 1. The van der Waals surface area contributed by atoms with Crippen molar-refractivity contribution in [1.82, 2.24) is 9.62 Å². The van der Waals surface area contributed by atoms with Crippen LogP contribution in [0.3, 0.4) is 0 Å². The van der Waals surface area contributed by atoms with Gasteiger partial charge < -0.3 is 9.64 Å². The number of halogens is 1. The number of sulfonamides is 1. The van der Waals surface area contributed by atoms with Crippen molar-refractivity contribution in [1.29, 1.82) is 0 Å². The van der Waals surface area contributed by atoms with Crippen LogP contribution in [-0.4, -0.2) is 46.0 Å². The molecule has 1 N–H and O–H groups in total. The number of nitrogens with zero attached hydrogens (tertiary/aromatic N) is 1. The predicted octanol–water partition coefficient (Wildman–Crippen LogP) is 2.97. The van der Waals surface area contributed by atoms with E-state index in [-0.39, 0.29) is 28.8 Å². The molecule has 1 fully saturated rings. The van der Waals surface area contributed by atoms with Crippen LogP contribution in [0.1, 0.15) is 28.8 Å². The number of benzene rings is 2. The van der Waals surface area contributed by atoms with Crippen LogP contribution in [0, 0.1) is 18.7 Å². The first kappa shape index (κ1) is 21.3. The summed E-state index contributed by atoms with van der Waals surface area (Å²) >= 11 is 0. The third-order valence-corrected chi connectivity index (χ3v) is 6.53. The molecule has 1 aliphatic heterocycles. The monoisotopic (exact) mass is 420 g/mol. The molecule has 0 spiro atoms. The largest absolute Gasteiger partial charge is 0.496 e. The lowest BCUT2D eigenvalue weighted by molar-refractivity contribution is 0.0672. The molecular formula is C21H25FN2O4S. The average Bonchev–Trinajstić information content (AvgIpc) is 2.72. The van der Waals surface area contributed by atoms with Gasteiger partial charge in [-0.2, -0.15) is 0 Å². The van der Waals surface area contributed by atoms with Crippen LogP contribution in [0.2, 0.25) is 0 Å². The Hall–Kier alpha value is -2.45. The second-order valence-corrected chi connectivity index (χ2v) is 9.04. The Labute approximate surface area is 170 Å². The molecule has 1 atom stereocenters. The van der Waals surface area contributed by atoms with Gasteiger partial charge in [-0.05, 0) is 56.0 Å². The van der Waals surface area contributed by atoms with Gasteiger partial charge in [-0.1, -0.05) is 17.7 Å². The van der Waals surface area contributed by atoms with Crippen LogP contribution in [-0.2, 0) is 10.0 Å². The number of nitrogens with one attached hydrogen (secondary N) is 1. The zero-order chi connectivity index (χ0) is 21.0. The van der Waals surface area contributed by atoms with E-state index < -0.39 is 15.8 Å². The maximum Gasteiger partial charge on any atom is 0.257 e. The molecule has 6 nitrogen and oxygen atoms in total. The van der Waals surface area contributed by atoms with Crippen molar-refractivity contribution in [3.05, 3.63) is 59.4 Å². The number of likely N-dealkylation sites (tertiary alicyclic amines) is 1. The Morgan fingerprint density at radius 3 is 2.66 bits per heavy atom. The number of rotatable bonds is 6. The molecule has 1 heterocycles. The van der Waals surface area contributed by atoms with Crippen molar-refractivity contribution in [2.24, 2.45) is 5.92 Å². The van der Waals surface area contributed by atoms with E-state index in [0.717, 1.165) is 18.4 Å². The number of hydrogen-bond acceptors (Lipinski definition) is 4. The van der Waals surface area contributed by atoms with Gasteiger partial charge >= 0.3 is 0 Å². The molecule has 8 heteroatoms. The maximum atomic E-state index is 13.6. The molecule has 0 aromatic heterocycles. The zero-order valence-corrected chi connectivity index (χ0v) is 17.3. The topological polar surface area (TPSA) is 75.7 Å². The van der Waals surface area contributed by atoms with E-state index in [9.17, 15) is 17.6 Å². The summed E-state index contributed by atoms with van der Waals surface area (Å²) in [5, 5.41) is 0. The lowest BCUT2D eigenvalue weighted by Crippen LogP contribution is -2.43. The van der Waals surface area contributed by atoms with E-state index in [2.05, 4.69) is 4.72 Å². The Balaban J connectivity index is 1.66. The van der Waals surface area contributed by atoms with E-state index in [1.54, 1.807) is 29.2 Å². The van der Waals surface area contributed by atoms with E-state index in [1.807, 2.05) is 6.92 Å². The van der Waals surface area contributed by atoms with Gasteiger partial charge in [0.2, 0.25) is 10.0 Å². The van der Waals surface area contributed by atoms with Gasteiger partial charge in [0.05, 0.1) is 17.6 Å².